The van der Waals surface area contributed by atoms with Gasteiger partial charge in [0.2, 0.25) is 11.8 Å². The highest BCUT2D eigenvalue weighted by molar-refractivity contribution is 6.13. The fourth-order valence-corrected chi connectivity index (χ4v) is 3.72. The normalized spacial score (nSPS) is 17.2. The van der Waals surface area contributed by atoms with Gasteiger partial charge in [0.05, 0.1) is 0 Å². The van der Waals surface area contributed by atoms with Gasteiger partial charge in [0.25, 0.3) is 0 Å². The molecule has 5 heteroatoms. The number of anilines is 2. The third-order valence-corrected chi connectivity index (χ3v) is 5.79. The molecule has 1 heterocycles. The van der Waals surface area contributed by atoms with Gasteiger partial charge < -0.3 is 15.5 Å². The van der Waals surface area contributed by atoms with Crippen LogP contribution in [0, 0.1) is 12.3 Å². The summed E-state index contributed by atoms with van der Waals surface area (Å²) in [6, 6.07) is 16.0. The molecule has 4 rings (SSSR count). The van der Waals surface area contributed by atoms with E-state index in [1.54, 1.807) is 0 Å². The van der Waals surface area contributed by atoms with Crippen LogP contribution in [0.1, 0.15) is 36.8 Å². The molecule has 0 spiro atoms. The first-order valence-corrected chi connectivity index (χ1v) is 10.1. The third kappa shape index (κ3) is 3.88. The molecule has 5 nitrogen and oxygen atoms in total. The van der Waals surface area contributed by atoms with Crippen LogP contribution in [0.25, 0.3) is 0 Å². The fraction of sp³-hybridized carbons (Fsp3) is 0.391. The molecule has 1 aliphatic heterocycles. The lowest BCUT2D eigenvalue weighted by molar-refractivity contribution is -0.134. The summed E-state index contributed by atoms with van der Waals surface area (Å²) in [5.74, 6) is -0.387. The SMILES string of the molecule is Cc1ccc(CNC(=O)C2(C(=O)Nc3ccc(N4CCCC4)cc3)CC2)cc1. The first-order chi connectivity index (χ1) is 13.6. The molecule has 0 unspecified atom stereocenters. The molecule has 0 atom stereocenters. The molecule has 28 heavy (non-hydrogen) atoms. The molecule has 146 valence electrons. The molecule has 2 N–H and O–H groups in total. The molecule has 1 saturated carbocycles. The van der Waals surface area contributed by atoms with Crippen LogP contribution in [-0.4, -0.2) is 24.9 Å². The van der Waals surface area contributed by atoms with Gasteiger partial charge in [-0.2, -0.15) is 0 Å². The maximum Gasteiger partial charge on any atom is 0.240 e. The van der Waals surface area contributed by atoms with Crippen molar-refractivity contribution in [3.05, 3.63) is 59.7 Å². The number of carbonyl (C=O) groups excluding carboxylic acids is 2. The maximum atomic E-state index is 12.8. The van der Waals surface area contributed by atoms with Gasteiger partial charge in [0.15, 0.2) is 0 Å². The van der Waals surface area contributed by atoms with Gasteiger partial charge >= 0.3 is 0 Å². The first kappa shape index (κ1) is 18.5. The highest BCUT2D eigenvalue weighted by atomic mass is 16.2. The minimum atomic E-state index is -0.918. The number of rotatable bonds is 6. The van der Waals surface area contributed by atoms with E-state index in [0.29, 0.717) is 19.4 Å². The van der Waals surface area contributed by atoms with Crippen molar-refractivity contribution < 1.29 is 9.59 Å². The number of aryl methyl sites for hydroxylation is 1. The highest BCUT2D eigenvalue weighted by Crippen LogP contribution is 2.47. The molecule has 2 aromatic carbocycles. The Kier molecular flexibility index (Phi) is 5.07. The smallest absolute Gasteiger partial charge is 0.240 e. The van der Waals surface area contributed by atoms with E-state index >= 15 is 0 Å². The molecule has 0 aromatic heterocycles. The molecule has 2 amide bonds. The number of hydrogen-bond acceptors (Lipinski definition) is 3. The topological polar surface area (TPSA) is 61.4 Å². The predicted molar refractivity (Wildman–Crippen MR) is 111 cm³/mol. The number of nitrogens with one attached hydrogen (secondary N) is 2. The van der Waals surface area contributed by atoms with Gasteiger partial charge in [-0.1, -0.05) is 29.8 Å². The molecule has 2 aliphatic rings. The first-order valence-electron chi connectivity index (χ1n) is 10.1. The average molecular weight is 377 g/mol. The van der Waals surface area contributed by atoms with E-state index in [2.05, 4.69) is 15.5 Å². The van der Waals surface area contributed by atoms with Gasteiger partial charge in [0.1, 0.15) is 5.41 Å². The third-order valence-electron chi connectivity index (χ3n) is 5.79. The predicted octanol–water partition coefficient (Wildman–Crippen LogP) is 3.63. The Morgan fingerprint density at radius 1 is 0.929 bits per heavy atom. The van der Waals surface area contributed by atoms with Crippen molar-refractivity contribution in [1.29, 1.82) is 0 Å². The molecule has 2 aromatic rings. The highest BCUT2D eigenvalue weighted by Gasteiger charge is 2.56. The Bertz CT molecular complexity index is 848. The Hall–Kier alpha value is -2.82. The summed E-state index contributed by atoms with van der Waals surface area (Å²) in [5.41, 5.74) is 3.23. The Labute approximate surface area is 166 Å². The van der Waals surface area contributed by atoms with Gasteiger partial charge in [-0.25, -0.2) is 0 Å². The van der Waals surface area contributed by atoms with E-state index in [4.69, 9.17) is 0 Å². The van der Waals surface area contributed by atoms with Crippen LogP contribution in [0.2, 0.25) is 0 Å². The zero-order valence-corrected chi connectivity index (χ0v) is 16.3. The average Bonchev–Trinajstić information content (AvgIpc) is 3.35. The summed E-state index contributed by atoms with van der Waals surface area (Å²) in [4.78, 5) is 27.8. The Morgan fingerprint density at radius 3 is 2.18 bits per heavy atom. The second-order valence-corrected chi connectivity index (χ2v) is 7.95. The summed E-state index contributed by atoms with van der Waals surface area (Å²) < 4.78 is 0. The van der Waals surface area contributed by atoms with Crippen molar-refractivity contribution in [2.24, 2.45) is 5.41 Å². The zero-order chi connectivity index (χ0) is 19.6. The number of hydrogen-bond donors (Lipinski definition) is 2. The number of carbonyl (C=O) groups is 2. The monoisotopic (exact) mass is 377 g/mol. The van der Waals surface area contributed by atoms with Crippen LogP contribution in [0.15, 0.2) is 48.5 Å². The standard InChI is InChI=1S/C23H27N3O2/c1-17-4-6-18(7-5-17)16-24-21(27)23(12-13-23)22(28)25-19-8-10-20(11-9-19)26-14-2-3-15-26/h4-11H,2-3,12-16H2,1H3,(H,24,27)(H,25,28). The van der Waals surface area contributed by atoms with Crippen molar-refractivity contribution in [2.45, 2.75) is 39.2 Å². The minimum Gasteiger partial charge on any atom is -0.372 e. The van der Waals surface area contributed by atoms with Crippen molar-refractivity contribution in [1.82, 2.24) is 5.32 Å². The Morgan fingerprint density at radius 2 is 1.57 bits per heavy atom. The Balaban J connectivity index is 1.34. The van der Waals surface area contributed by atoms with Gasteiger partial charge in [-0.05, 0) is 62.4 Å². The molecular weight excluding hydrogens is 350 g/mol. The molecule has 1 aliphatic carbocycles. The quantitative estimate of drug-likeness (QED) is 0.756. The van der Waals surface area contributed by atoms with E-state index in [1.807, 2.05) is 55.5 Å². The summed E-state index contributed by atoms with van der Waals surface area (Å²) >= 11 is 0. The second-order valence-electron chi connectivity index (χ2n) is 7.95. The number of benzene rings is 2. The van der Waals surface area contributed by atoms with Crippen LogP contribution in [-0.2, 0) is 16.1 Å². The molecule has 0 radical (unpaired) electrons. The van der Waals surface area contributed by atoms with Crippen LogP contribution < -0.4 is 15.5 Å². The lowest BCUT2D eigenvalue weighted by Crippen LogP contribution is -2.39. The summed E-state index contributed by atoms with van der Waals surface area (Å²) in [5, 5.41) is 5.86. The van der Waals surface area contributed by atoms with Crippen molar-refractivity contribution >= 4 is 23.2 Å². The molecule has 1 saturated heterocycles. The zero-order valence-electron chi connectivity index (χ0n) is 16.3. The van der Waals surface area contributed by atoms with Crippen LogP contribution in [0.5, 0.6) is 0 Å². The van der Waals surface area contributed by atoms with Gasteiger partial charge in [-0.15, -0.1) is 0 Å². The largest absolute Gasteiger partial charge is 0.372 e. The van der Waals surface area contributed by atoms with E-state index < -0.39 is 5.41 Å². The van der Waals surface area contributed by atoms with E-state index in [0.717, 1.165) is 24.3 Å². The summed E-state index contributed by atoms with van der Waals surface area (Å²) in [7, 11) is 0. The second kappa shape index (κ2) is 7.66. The van der Waals surface area contributed by atoms with Crippen LogP contribution in [0.3, 0.4) is 0 Å². The van der Waals surface area contributed by atoms with Crippen molar-refractivity contribution in [3.63, 3.8) is 0 Å². The molecular formula is C23H27N3O2. The van der Waals surface area contributed by atoms with Gasteiger partial charge in [-0.3, -0.25) is 9.59 Å². The lowest BCUT2D eigenvalue weighted by Gasteiger charge is -2.19. The summed E-state index contributed by atoms with van der Waals surface area (Å²) in [6.07, 6.45) is 3.67. The maximum absolute atomic E-state index is 12.8. The lowest BCUT2D eigenvalue weighted by atomic mass is 10.0. The number of nitrogens with zero attached hydrogens (tertiary/aromatic N) is 1. The van der Waals surface area contributed by atoms with Crippen LogP contribution >= 0.6 is 0 Å². The number of amides is 2. The van der Waals surface area contributed by atoms with Gasteiger partial charge in [0, 0.05) is 31.0 Å². The summed E-state index contributed by atoms with van der Waals surface area (Å²) in [6.45, 7) is 4.66. The van der Waals surface area contributed by atoms with E-state index in [-0.39, 0.29) is 11.8 Å². The minimum absolute atomic E-state index is 0.181. The van der Waals surface area contributed by atoms with Crippen molar-refractivity contribution in [2.75, 3.05) is 23.3 Å². The van der Waals surface area contributed by atoms with Crippen LogP contribution in [0.4, 0.5) is 11.4 Å². The van der Waals surface area contributed by atoms with E-state index in [9.17, 15) is 9.59 Å². The van der Waals surface area contributed by atoms with Crippen molar-refractivity contribution in [3.8, 4) is 0 Å². The fourth-order valence-electron chi connectivity index (χ4n) is 3.72. The molecule has 2 fully saturated rings. The molecule has 0 bridgehead atoms. The van der Waals surface area contributed by atoms with E-state index in [1.165, 1.54) is 24.1 Å².